The average Bonchev–Trinajstić information content (AvgIpc) is 3.48. The van der Waals surface area contributed by atoms with Crippen LogP contribution in [0.4, 0.5) is 16.0 Å². The lowest BCUT2D eigenvalue weighted by Gasteiger charge is -2.37. The molecule has 2 fully saturated rings. The van der Waals surface area contributed by atoms with Crippen molar-refractivity contribution in [2.75, 3.05) is 36.0 Å². The van der Waals surface area contributed by atoms with Crippen LogP contribution in [0.25, 0.3) is 11.2 Å². The second-order valence-electron chi connectivity index (χ2n) is 10.1. The van der Waals surface area contributed by atoms with E-state index in [1.165, 1.54) is 29.8 Å². The topological polar surface area (TPSA) is 106 Å². The minimum absolute atomic E-state index is 0.0160. The van der Waals surface area contributed by atoms with Crippen LogP contribution < -0.4 is 21.0 Å². The summed E-state index contributed by atoms with van der Waals surface area (Å²) in [6.07, 6.45) is -0.0160. The number of halogens is 1. The third kappa shape index (κ3) is 4.11. The van der Waals surface area contributed by atoms with Crippen LogP contribution in [0, 0.1) is 5.82 Å². The van der Waals surface area contributed by atoms with E-state index in [1.807, 2.05) is 44.7 Å². The van der Waals surface area contributed by atoms with Gasteiger partial charge in [-0.3, -0.25) is 33.0 Å². The molecule has 2 amide bonds. The van der Waals surface area contributed by atoms with Gasteiger partial charge in [0.25, 0.3) is 11.5 Å². The zero-order chi connectivity index (χ0) is 28.1. The van der Waals surface area contributed by atoms with Crippen molar-refractivity contribution in [3.63, 3.8) is 0 Å². The third-order valence-corrected chi connectivity index (χ3v) is 7.77. The molecule has 0 bridgehead atoms. The summed E-state index contributed by atoms with van der Waals surface area (Å²) in [5, 5.41) is 0. The van der Waals surface area contributed by atoms with Gasteiger partial charge in [0.05, 0.1) is 24.7 Å². The van der Waals surface area contributed by atoms with Crippen molar-refractivity contribution < 1.29 is 14.0 Å². The molecule has 4 heterocycles. The Labute approximate surface area is 228 Å². The summed E-state index contributed by atoms with van der Waals surface area (Å²) in [7, 11) is 3.04. The maximum absolute atomic E-state index is 14.4. The van der Waals surface area contributed by atoms with Gasteiger partial charge in [0.1, 0.15) is 5.82 Å². The molecule has 0 N–H and O–H groups in total. The van der Waals surface area contributed by atoms with Gasteiger partial charge < -0.3 is 4.90 Å². The second kappa shape index (κ2) is 9.87. The SMILES string of the molecule is Cn1c(=O)c2c(nc(N3CCN(C4CC(=O)N(c5ccccc5F)C4=O)CC3)n2Cc2ccccc2)n(C)c1=O. The third-order valence-electron chi connectivity index (χ3n) is 7.77. The maximum Gasteiger partial charge on any atom is 0.332 e. The predicted molar refractivity (Wildman–Crippen MR) is 147 cm³/mol. The summed E-state index contributed by atoms with van der Waals surface area (Å²) >= 11 is 0. The highest BCUT2D eigenvalue weighted by Crippen LogP contribution is 2.29. The fraction of sp³-hybridized carbons (Fsp3) is 0.321. The molecule has 40 heavy (non-hydrogen) atoms. The highest BCUT2D eigenvalue weighted by Gasteiger charge is 2.44. The highest BCUT2D eigenvalue weighted by atomic mass is 19.1. The molecule has 12 heteroatoms. The van der Waals surface area contributed by atoms with Crippen LogP contribution in [0.1, 0.15) is 12.0 Å². The fourth-order valence-corrected chi connectivity index (χ4v) is 5.61. The van der Waals surface area contributed by atoms with Crippen LogP contribution in [-0.4, -0.2) is 67.6 Å². The van der Waals surface area contributed by atoms with Gasteiger partial charge >= 0.3 is 5.69 Å². The maximum atomic E-state index is 14.4. The molecule has 6 rings (SSSR count). The zero-order valence-electron chi connectivity index (χ0n) is 22.2. The van der Waals surface area contributed by atoms with Crippen LogP contribution in [0.15, 0.2) is 64.2 Å². The molecule has 0 saturated carbocycles. The first-order valence-corrected chi connectivity index (χ1v) is 13.1. The van der Waals surface area contributed by atoms with E-state index >= 15 is 0 Å². The van der Waals surface area contributed by atoms with E-state index in [2.05, 4.69) is 0 Å². The Balaban J connectivity index is 1.29. The van der Waals surface area contributed by atoms with E-state index in [1.54, 1.807) is 13.1 Å². The number of aromatic nitrogens is 4. The number of hydrogen-bond donors (Lipinski definition) is 0. The van der Waals surface area contributed by atoms with Gasteiger partial charge in [-0.15, -0.1) is 0 Å². The first-order chi connectivity index (χ1) is 19.3. The lowest BCUT2D eigenvalue weighted by atomic mass is 10.1. The largest absolute Gasteiger partial charge is 0.340 e. The van der Waals surface area contributed by atoms with E-state index in [-0.39, 0.29) is 12.1 Å². The van der Waals surface area contributed by atoms with Gasteiger partial charge in [-0.2, -0.15) is 4.98 Å². The van der Waals surface area contributed by atoms with Gasteiger partial charge in [-0.05, 0) is 17.7 Å². The lowest BCUT2D eigenvalue weighted by Crippen LogP contribution is -2.53. The number of imidazole rings is 1. The summed E-state index contributed by atoms with van der Waals surface area (Å²) in [5.41, 5.74) is 0.708. The van der Waals surface area contributed by atoms with Gasteiger partial charge in [0.15, 0.2) is 11.2 Å². The number of aryl methyl sites for hydroxylation is 1. The van der Waals surface area contributed by atoms with Crippen molar-refractivity contribution in [2.45, 2.75) is 19.0 Å². The zero-order valence-corrected chi connectivity index (χ0v) is 22.2. The first-order valence-electron chi connectivity index (χ1n) is 13.1. The standard InChI is InChI=1S/C28H28FN7O4/c1-31-24-23(26(39)32(2)28(31)40)35(17-18-8-4-3-5-9-18)27(30-24)34-14-12-33(13-15-34)21-16-22(37)36(25(21)38)20-11-7-6-10-19(20)29/h3-11,21H,12-17H2,1-2H3. The Morgan fingerprint density at radius 2 is 1.55 bits per heavy atom. The van der Waals surface area contributed by atoms with E-state index in [4.69, 9.17) is 4.98 Å². The number of benzene rings is 2. The average molecular weight is 546 g/mol. The van der Waals surface area contributed by atoms with Gasteiger partial charge in [0.2, 0.25) is 11.9 Å². The summed E-state index contributed by atoms with van der Waals surface area (Å²) in [5.74, 6) is -0.923. The molecule has 1 atom stereocenters. The molecule has 206 valence electrons. The number of amides is 2. The van der Waals surface area contributed by atoms with Crippen molar-refractivity contribution >= 4 is 34.6 Å². The monoisotopic (exact) mass is 545 g/mol. The molecular weight excluding hydrogens is 517 g/mol. The molecule has 4 aromatic rings. The molecule has 0 spiro atoms. The van der Waals surface area contributed by atoms with Gasteiger partial charge in [0, 0.05) is 40.3 Å². The van der Waals surface area contributed by atoms with Crippen LogP contribution in [0.2, 0.25) is 0 Å². The van der Waals surface area contributed by atoms with Crippen LogP contribution in [0.5, 0.6) is 0 Å². The smallest absolute Gasteiger partial charge is 0.332 e. The molecule has 2 aromatic carbocycles. The Morgan fingerprint density at radius 1 is 0.875 bits per heavy atom. The van der Waals surface area contributed by atoms with E-state index in [9.17, 15) is 23.6 Å². The molecule has 11 nitrogen and oxygen atoms in total. The normalized spacial score (nSPS) is 18.3. The molecule has 2 aliphatic rings. The molecule has 2 aliphatic heterocycles. The Hall–Kier alpha value is -4.58. The molecule has 1 unspecified atom stereocenters. The lowest BCUT2D eigenvalue weighted by molar-refractivity contribution is -0.123. The van der Waals surface area contributed by atoms with E-state index < -0.39 is 34.9 Å². The number of piperazine rings is 1. The van der Waals surface area contributed by atoms with Crippen LogP contribution in [-0.2, 0) is 30.2 Å². The number of hydrogen-bond acceptors (Lipinski definition) is 7. The van der Waals surface area contributed by atoms with Crippen LogP contribution in [0.3, 0.4) is 0 Å². The van der Waals surface area contributed by atoms with Gasteiger partial charge in [-0.25, -0.2) is 14.1 Å². The van der Waals surface area contributed by atoms with E-state index in [0.717, 1.165) is 15.0 Å². The Bertz CT molecular complexity index is 1750. The predicted octanol–water partition coefficient (Wildman–Crippen LogP) is 1.08. The summed E-state index contributed by atoms with van der Waals surface area (Å²) in [6.45, 7) is 2.25. The molecular formula is C28H28FN7O4. The highest BCUT2D eigenvalue weighted by molar-refractivity contribution is 6.22. The Kier molecular flexibility index (Phi) is 6.34. The number of fused-ring (bicyclic) bond motifs is 1. The number of para-hydroxylation sites is 1. The second-order valence-corrected chi connectivity index (χ2v) is 10.1. The van der Waals surface area contributed by atoms with Crippen molar-refractivity contribution in [2.24, 2.45) is 14.1 Å². The van der Waals surface area contributed by atoms with Crippen molar-refractivity contribution in [1.29, 1.82) is 0 Å². The molecule has 0 radical (unpaired) electrons. The Morgan fingerprint density at radius 3 is 2.25 bits per heavy atom. The minimum Gasteiger partial charge on any atom is -0.340 e. The summed E-state index contributed by atoms with van der Waals surface area (Å²) in [6, 6.07) is 14.8. The molecule has 2 aromatic heterocycles. The number of rotatable bonds is 5. The van der Waals surface area contributed by atoms with Crippen molar-refractivity contribution in [1.82, 2.24) is 23.6 Å². The van der Waals surface area contributed by atoms with Crippen molar-refractivity contribution in [3.8, 4) is 0 Å². The van der Waals surface area contributed by atoms with Crippen LogP contribution >= 0.6 is 0 Å². The number of carbonyl (C=O) groups is 2. The number of anilines is 2. The van der Waals surface area contributed by atoms with Gasteiger partial charge in [-0.1, -0.05) is 42.5 Å². The van der Waals surface area contributed by atoms with Crippen molar-refractivity contribution in [3.05, 3.63) is 86.8 Å². The summed E-state index contributed by atoms with van der Waals surface area (Å²) in [4.78, 5) is 61.5. The van der Waals surface area contributed by atoms with E-state index in [0.29, 0.717) is 49.8 Å². The molecule has 0 aliphatic carbocycles. The summed E-state index contributed by atoms with van der Waals surface area (Å²) < 4.78 is 18.7. The minimum atomic E-state index is -0.675. The molecule has 2 saturated heterocycles. The fourth-order valence-electron chi connectivity index (χ4n) is 5.61. The quantitative estimate of drug-likeness (QED) is 0.346. The number of imide groups is 1. The number of nitrogens with zero attached hydrogens (tertiary/aromatic N) is 7. The first kappa shape index (κ1) is 25.7. The number of carbonyl (C=O) groups excluding carboxylic acids is 2.